The summed E-state index contributed by atoms with van der Waals surface area (Å²) in [5, 5.41) is 11.9. The van der Waals surface area contributed by atoms with Crippen molar-refractivity contribution >= 4 is 17.5 Å². The molecular formula is C32H31F2N3O3. The van der Waals surface area contributed by atoms with Crippen molar-refractivity contribution < 1.29 is 23.5 Å². The number of carboxylic acid groups (broad SMARTS) is 1. The number of carbonyl (C=O) groups is 2. The molecular weight excluding hydrogens is 512 g/mol. The Hall–Kier alpha value is -4.07. The summed E-state index contributed by atoms with van der Waals surface area (Å²) < 4.78 is 29.9. The van der Waals surface area contributed by atoms with Gasteiger partial charge in [-0.3, -0.25) is 9.59 Å². The summed E-state index contributed by atoms with van der Waals surface area (Å²) in [6.07, 6.45) is 9.20. The lowest BCUT2D eigenvalue weighted by atomic mass is 9.77. The molecule has 2 N–H and O–H groups in total. The van der Waals surface area contributed by atoms with Crippen molar-refractivity contribution in [2.24, 2.45) is 5.92 Å². The van der Waals surface area contributed by atoms with Gasteiger partial charge in [-0.15, -0.1) is 0 Å². The number of nitrogens with zero attached hydrogens (tertiary/aromatic N) is 2. The van der Waals surface area contributed by atoms with E-state index in [9.17, 15) is 18.4 Å². The Morgan fingerprint density at radius 3 is 2.38 bits per heavy atom. The van der Waals surface area contributed by atoms with Crippen LogP contribution in [0.3, 0.4) is 0 Å². The van der Waals surface area contributed by atoms with Crippen molar-refractivity contribution in [3.8, 4) is 11.1 Å². The van der Waals surface area contributed by atoms with Crippen LogP contribution < -0.4 is 5.32 Å². The molecule has 0 spiro atoms. The Labute approximate surface area is 231 Å². The molecule has 2 aliphatic carbocycles. The summed E-state index contributed by atoms with van der Waals surface area (Å²) in [5.74, 6) is -1.25. The third-order valence-corrected chi connectivity index (χ3v) is 8.65. The van der Waals surface area contributed by atoms with Crippen LogP contribution in [-0.4, -0.2) is 32.9 Å². The van der Waals surface area contributed by atoms with Gasteiger partial charge >= 0.3 is 5.97 Å². The number of hydrogen-bond acceptors (Lipinski definition) is 3. The SMILES string of the molecule is O=C(O)CC1CCC(c2ccc(-c3ccc4nc(C(=O)NCC5(c6cc(F)ccc6F)CC5)cn4c3)cc2)CC1. The molecule has 206 valence electrons. The van der Waals surface area contributed by atoms with E-state index >= 15 is 0 Å². The summed E-state index contributed by atoms with van der Waals surface area (Å²) in [7, 11) is 0. The van der Waals surface area contributed by atoms with Crippen LogP contribution in [0.5, 0.6) is 0 Å². The van der Waals surface area contributed by atoms with Crippen LogP contribution in [0, 0.1) is 17.6 Å². The number of carboxylic acids is 1. The maximum absolute atomic E-state index is 14.3. The maximum Gasteiger partial charge on any atom is 0.303 e. The van der Waals surface area contributed by atoms with Crippen LogP contribution in [-0.2, 0) is 10.2 Å². The zero-order valence-corrected chi connectivity index (χ0v) is 22.1. The van der Waals surface area contributed by atoms with Gasteiger partial charge in [0, 0.05) is 30.8 Å². The standard InChI is InChI=1S/C32H31F2N3O3/c33-25-10-11-27(34)26(16-25)32(13-14-32)19-35-31(40)28-18-37-17-24(9-12-29(37)36-28)23-7-5-22(6-8-23)21-3-1-20(2-4-21)15-30(38)39/h5-12,16-18,20-21H,1-4,13-15,19H2,(H,35,40)(H,38,39). The van der Waals surface area contributed by atoms with Gasteiger partial charge < -0.3 is 14.8 Å². The molecule has 0 atom stereocenters. The Morgan fingerprint density at radius 1 is 0.950 bits per heavy atom. The van der Waals surface area contributed by atoms with Crippen LogP contribution in [0.25, 0.3) is 16.8 Å². The second-order valence-corrected chi connectivity index (χ2v) is 11.3. The molecule has 2 saturated carbocycles. The van der Waals surface area contributed by atoms with Gasteiger partial charge in [0.15, 0.2) is 0 Å². The van der Waals surface area contributed by atoms with Crippen LogP contribution in [0.15, 0.2) is 67.0 Å². The third-order valence-electron chi connectivity index (χ3n) is 8.65. The number of fused-ring (bicyclic) bond motifs is 1. The van der Waals surface area contributed by atoms with Gasteiger partial charge in [0.1, 0.15) is 23.0 Å². The highest BCUT2D eigenvalue weighted by Crippen LogP contribution is 2.48. The Bertz CT molecular complexity index is 1570. The smallest absolute Gasteiger partial charge is 0.303 e. The van der Waals surface area contributed by atoms with Gasteiger partial charge in [-0.25, -0.2) is 13.8 Å². The number of aromatic nitrogens is 2. The zero-order valence-electron chi connectivity index (χ0n) is 22.1. The summed E-state index contributed by atoms with van der Waals surface area (Å²) in [6.45, 7) is 0.221. The first-order valence-electron chi connectivity index (χ1n) is 13.8. The Morgan fingerprint density at radius 2 is 1.68 bits per heavy atom. The normalized spacial score (nSPS) is 19.9. The molecule has 0 radical (unpaired) electrons. The van der Waals surface area contributed by atoms with E-state index in [1.54, 1.807) is 6.20 Å². The molecule has 2 heterocycles. The van der Waals surface area contributed by atoms with E-state index in [1.807, 2.05) is 22.7 Å². The number of halogens is 2. The number of imidazole rings is 1. The fraction of sp³-hybridized carbons (Fsp3) is 0.344. The number of pyridine rings is 1. The largest absolute Gasteiger partial charge is 0.481 e. The summed E-state index contributed by atoms with van der Waals surface area (Å²) in [4.78, 5) is 28.4. The average molecular weight is 544 g/mol. The van der Waals surface area contributed by atoms with Gasteiger partial charge in [0.2, 0.25) is 0 Å². The number of amides is 1. The van der Waals surface area contributed by atoms with E-state index < -0.39 is 23.0 Å². The third kappa shape index (κ3) is 5.35. The number of nitrogens with one attached hydrogen (secondary N) is 1. The van der Waals surface area contributed by atoms with Gasteiger partial charge in [-0.2, -0.15) is 0 Å². The second kappa shape index (κ2) is 10.5. The first-order valence-corrected chi connectivity index (χ1v) is 13.8. The number of carbonyl (C=O) groups excluding carboxylic acids is 1. The van der Waals surface area contributed by atoms with Crippen molar-refractivity contribution in [3.63, 3.8) is 0 Å². The number of benzene rings is 2. The molecule has 0 aliphatic heterocycles. The average Bonchev–Trinajstić information content (AvgIpc) is 3.62. The fourth-order valence-electron chi connectivity index (χ4n) is 6.10. The second-order valence-electron chi connectivity index (χ2n) is 11.3. The predicted octanol–water partition coefficient (Wildman–Crippen LogP) is 6.49. The predicted molar refractivity (Wildman–Crippen MR) is 147 cm³/mol. The van der Waals surface area contributed by atoms with E-state index in [2.05, 4.69) is 34.6 Å². The first-order chi connectivity index (χ1) is 19.3. The van der Waals surface area contributed by atoms with E-state index in [1.165, 1.54) is 11.6 Å². The van der Waals surface area contributed by atoms with Crippen molar-refractivity contribution in [2.75, 3.05) is 6.54 Å². The molecule has 2 aliphatic rings. The lowest BCUT2D eigenvalue weighted by Gasteiger charge is -2.28. The van der Waals surface area contributed by atoms with Gasteiger partial charge in [-0.1, -0.05) is 24.3 Å². The minimum atomic E-state index is -0.709. The van der Waals surface area contributed by atoms with Crippen LogP contribution in [0.4, 0.5) is 8.78 Å². The topological polar surface area (TPSA) is 83.7 Å². The number of aliphatic carboxylic acids is 1. The van der Waals surface area contributed by atoms with Gasteiger partial charge in [-0.05, 0) is 103 Å². The molecule has 2 aromatic carbocycles. The van der Waals surface area contributed by atoms with E-state index in [0.29, 0.717) is 30.0 Å². The molecule has 1 amide bonds. The van der Waals surface area contributed by atoms with Crippen molar-refractivity contribution in [1.29, 1.82) is 0 Å². The molecule has 40 heavy (non-hydrogen) atoms. The highest BCUT2D eigenvalue weighted by molar-refractivity contribution is 5.93. The summed E-state index contributed by atoms with van der Waals surface area (Å²) >= 11 is 0. The van der Waals surface area contributed by atoms with Gasteiger partial charge in [0.05, 0.1) is 0 Å². The molecule has 8 heteroatoms. The molecule has 6 nitrogen and oxygen atoms in total. The van der Waals surface area contributed by atoms with Crippen molar-refractivity contribution in [2.45, 2.75) is 56.3 Å². The quantitative estimate of drug-likeness (QED) is 0.266. The molecule has 0 saturated heterocycles. The van der Waals surface area contributed by atoms with Crippen LogP contribution >= 0.6 is 0 Å². The van der Waals surface area contributed by atoms with Gasteiger partial charge in [0.25, 0.3) is 5.91 Å². The van der Waals surface area contributed by atoms with Crippen molar-refractivity contribution in [3.05, 3.63) is 95.4 Å². The lowest BCUT2D eigenvalue weighted by molar-refractivity contribution is -0.138. The molecule has 6 rings (SSSR count). The van der Waals surface area contributed by atoms with E-state index in [-0.39, 0.29) is 30.5 Å². The molecule has 0 bridgehead atoms. The number of hydrogen-bond donors (Lipinski definition) is 2. The summed E-state index contributed by atoms with van der Waals surface area (Å²) in [5.41, 5.74) is 3.97. The summed E-state index contributed by atoms with van der Waals surface area (Å²) in [6, 6.07) is 15.8. The van der Waals surface area contributed by atoms with Crippen LogP contribution in [0.2, 0.25) is 0 Å². The minimum Gasteiger partial charge on any atom is -0.481 e. The highest BCUT2D eigenvalue weighted by Gasteiger charge is 2.46. The first kappa shape index (κ1) is 26.2. The number of rotatable bonds is 8. The highest BCUT2D eigenvalue weighted by atomic mass is 19.1. The zero-order chi connectivity index (χ0) is 27.9. The lowest BCUT2D eigenvalue weighted by Crippen LogP contribution is -2.33. The molecule has 2 aromatic heterocycles. The fourth-order valence-corrected chi connectivity index (χ4v) is 6.10. The Balaban J connectivity index is 1.11. The molecule has 0 unspecified atom stereocenters. The molecule has 4 aromatic rings. The van der Waals surface area contributed by atoms with E-state index in [0.717, 1.165) is 48.9 Å². The molecule has 2 fully saturated rings. The van der Waals surface area contributed by atoms with Crippen molar-refractivity contribution in [1.82, 2.24) is 14.7 Å². The van der Waals surface area contributed by atoms with Crippen LogP contribution in [0.1, 0.15) is 72.5 Å². The minimum absolute atomic E-state index is 0.221. The Kier molecular flexibility index (Phi) is 6.86. The maximum atomic E-state index is 14.3. The monoisotopic (exact) mass is 543 g/mol. The van der Waals surface area contributed by atoms with E-state index in [4.69, 9.17) is 5.11 Å².